The minimum atomic E-state index is 0.0575. The van der Waals surface area contributed by atoms with Crippen LogP contribution in [0.25, 0.3) is 0 Å². The average Bonchev–Trinajstić information content (AvgIpc) is 2.67. The molecule has 1 saturated heterocycles. The van der Waals surface area contributed by atoms with Crippen LogP contribution in [0.3, 0.4) is 0 Å². The summed E-state index contributed by atoms with van der Waals surface area (Å²) in [7, 11) is 0. The SMILES string of the molecule is CCNc1cc(C(=O)N2CCCOCC2)ccn1. The summed E-state index contributed by atoms with van der Waals surface area (Å²) >= 11 is 0. The minimum Gasteiger partial charge on any atom is -0.380 e. The fraction of sp³-hybridized carbons (Fsp3) is 0.538. The number of pyridine rings is 1. The molecule has 0 radical (unpaired) electrons. The van der Waals surface area contributed by atoms with Crippen LogP contribution in [-0.4, -0.2) is 48.6 Å². The number of anilines is 1. The summed E-state index contributed by atoms with van der Waals surface area (Å²) in [5.41, 5.74) is 0.683. The van der Waals surface area contributed by atoms with Gasteiger partial charge in [-0.2, -0.15) is 0 Å². The Morgan fingerprint density at radius 1 is 1.50 bits per heavy atom. The Labute approximate surface area is 107 Å². The predicted octanol–water partition coefficient (Wildman–Crippen LogP) is 1.38. The van der Waals surface area contributed by atoms with Gasteiger partial charge in [-0.25, -0.2) is 4.98 Å². The van der Waals surface area contributed by atoms with Crippen LogP contribution in [0.2, 0.25) is 0 Å². The van der Waals surface area contributed by atoms with Crippen molar-refractivity contribution in [1.82, 2.24) is 9.88 Å². The van der Waals surface area contributed by atoms with E-state index in [0.29, 0.717) is 18.7 Å². The van der Waals surface area contributed by atoms with Crippen LogP contribution in [0.1, 0.15) is 23.7 Å². The van der Waals surface area contributed by atoms with Crippen molar-refractivity contribution in [3.8, 4) is 0 Å². The largest absolute Gasteiger partial charge is 0.380 e. The summed E-state index contributed by atoms with van der Waals surface area (Å²) < 4.78 is 5.35. The molecule has 5 nitrogen and oxygen atoms in total. The fourth-order valence-electron chi connectivity index (χ4n) is 1.97. The van der Waals surface area contributed by atoms with Gasteiger partial charge in [0, 0.05) is 38.0 Å². The fourth-order valence-corrected chi connectivity index (χ4v) is 1.97. The van der Waals surface area contributed by atoms with E-state index in [4.69, 9.17) is 4.74 Å². The molecule has 1 amide bonds. The molecule has 2 rings (SSSR count). The highest BCUT2D eigenvalue weighted by Crippen LogP contribution is 2.11. The highest BCUT2D eigenvalue weighted by Gasteiger charge is 2.17. The van der Waals surface area contributed by atoms with Crippen molar-refractivity contribution in [3.63, 3.8) is 0 Å². The lowest BCUT2D eigenvalue weighted by molar-refractivity contribution is 0.0741. The van der Waals surface area contributed by atoms with E-state index in [-0.39, 0.29) is 5.91 Å². The first kappa shape index (κ1) is 12.8. The van der Waals surface area contributed by atoms with Gasteiger partial charge in [-0.3, -0.25) is 4.79 Å². The molecule has 0 spiro atoms. The van der Waals surface area contributed by atoms with Crippen LogP contribution >= 0.6 is 0 Å². The zero-order chi connectivity index (χ0) is 12.8. The van der Waals surface area contributed by atoms with Gasteiger partial charge in [0.15, 0.2) is 0 Å². The molecule has 1 aromatic rings. The Morgan fingerprint density at radius 3 is 3.22 bits per heavy atom. The molecule has 0 saturated carbocycles. The van der Waals surface area contributed by atoms with Gasteiger partial charge in [-0.15, -0.1) is 0 Å². The van der Waals surface area contributed by atoms with Crippen LogP contribution in [0, 0.1) is 0 Å². The van der Waals surface area contributed by atoms with E-state index >= 15 is 0 Å². The van der Waals surface area contributed by atoms with E-state index in [2.05, 4.69) is 10.3 Å². The monoisotopic (exact) mass is 249 g/mol. The number of nitrogens with one attached hydrogen (secondary N) is 1. The quantitative estimate of drug-likeness (QED) is 0.879. The number of amides is 1. The zero-order valence-electron chi connectivity index (χ0n) is 10.7. The summed E-state index contributed by atoms with van der Waals surface area (Å²) in [6.45, 7) is 5.58. The van der Waals surface area contributed by atoms with Gasteiger partial charge in [0.25, 0.3) is 5.91 Å². The first-order chi connectivity index (χ1) is 8.81. The average molecular weight is 249 g/mol. The summed E-state index contributed by atoms with van der Waals surface area (Å²) in [6, 6.07) is 3.56. The van der Waals surface area contributed by atoms with Crippen molar-refractivity contribution in [3.05, 3.63) is 23.9 Å². The highest BCUT2D eigenvalue weighted by molar-refractivity contribution is 5.94. The molecule has 1 aliphatic rings. The number of hydrogen-bond acceptors (Lipinski definition) is 4. The smallest absolute Gasteiger partial charge is 0.254 e. The molecule has 1 aromatic heterocycles. The third kappa shape index (κ3) is 3.20. The normalized spacial score (nSPS) is 16.2. The topological polar surface area (TPSA) is 54.5 Å². The van der Waals surface area contributed by atoms with Crippen molar-refractivity contribution < 1.29 is 9.53 Å². The standard InChI is InChI=1S/C13H19N3O2/c1-2-14-12-10-11(4-5-15-12)13(17)16-6-3-8-18-9-7-16/h4-5,10H,2-3,6-9H2,1H3,(H,14,15). The molecule has 1 fully saturated rings. The number of hydrogen-bond donors (Lipinski definition) is 1. The van der Waals surface area contributed by atoms with Gasteiger partial charge in [-0.05, 0) is 25.5 Å². The summed E-state index contributed by atoms with van der Waals surface area (Å²) in [4.78, 5) is 18.3. The maximum absolute atomic E-state index is 12.3. The third-order valence-corrected chi connectivity index (χ3v) is 2.87. The van der Waals surface area contributed by atoms with Crippen LogP contribution < -0.4 is 5.32 Å². The minimum absolute atomic E-state index is 0.0575. The number of carbonyl (C=O) groups is 1. The second-order valence-corrected chi connectivity index (χ2v) is 4.22. The Bertz CT molecular complexity index is 401. The van der Waals surface area contributed by atoms with Gasteiger partial charge in [0.2, 0.25) is 0 Å². The molecule has 0 aliphatic carbocycles. The number of nitrogens with zero attached hydrogens (tertiary/aromatic N) is 2. The second kappa shape index (κ2) is 6.35. The van der Waals surface area contributed by atoms with Crippen LogP contribution in [0.4, 0.5) is 5.82 Å². The molecule has 1 aliphatic heterocycles. The third-order valence-electron chi connectivity index (χ3n) is 2.87. The molecule has 0 bridgehead atoms. The van der Waals surface area contributed by atoms with Crippen molar-refractivity contribution in [2.75, 3.05) is 38.2 Å². The molecule has 1 N–H and O–H groups in total. The second-order valence-electron chi connectivity index (χ2n) is 4.22. The highest BCUT2D eigenvalue weighted by atomic mass is 16.5. The van der Waals surface area contributed by atoms with E-state index in [1.165, 1.54) is 0 Å². The number of carbonyl (C=O) groups excluding carboxylic acids is 1. The summed E-state index contributed by atoms with van der Waals surface area (Å²) in [6.07, 6.45) is 2.57. The number of ether oxygens (including phenoxy) is 1. The predicted molar refractivity (Wildman–Crippen MR) is 69.7 cm³/mol. The van der Waals surface area contributed by atoms with E-state index < -0.39 is 0 Å². The van der Waals surface area contributed by atoms with Gasteiger partial charge >= 0.3 is 0 Å². The molecule has 0 aromatic carbocycles. The lowest BCUT2D eigenvalue weighted by atomic mass is 10.2. The van der Waals surface area contributed by atoms with Crippen LogP contribution in [0.15, 0.2) is 18.3 Å². The van der Waals surface area contributed by atoms with Crippen LogP contribution in [0.5, 0.6) is 0 Å². The van der Waals surface area contributed by atoms with E-state index in [9.17, 15) is 4.79 Å². The Balaban J connectivity index is 2.09. The molecular weight excluding hydrogens is 230 g/mol. The molecule has 0 unspecified atom stereocenters. The van der Waals surface area contributed by atoms with Gasteiger partial charge in [0.05, 0.1) is 6.61 Å². The van der Waals surface area contributed by atoms with E-state index in [1.54, 1.807) is 18.3 Å². The lowest BCUT2D eigenvalue weighted by Gasteiger charge is -2.19. The van der Waals surface area contributed by atoms with Crippen LogP contribution in [-0.2, 0) is 4.74 Å². The van der Waals surface area contributed by atoms with Crippen molar-refractivity contribution >= 4 is 11.7 Å². The van der Waals surface area contributed by atoms with Gasteiger partial charge in [0.1, 0.15) is 5.82 Å². The van der Waals surface area contributed by atoms with E-state index in [1.807, 2.05) is 11.8 Å². The zero-order valence-corrected chi connectivity index (χ0v) is 10.7. The molecular formula is C13H19N3O2. The molecule has 0 atom stereocenters. The maximum Gasteiger partial charge on any atom is 0.254 e. The summed E-state index contributed by atoms with van der Waals surface area (Å²) in [5.74, 6) is 0.802. The van der Waals surface area contributed by atoms with E-state index in [0.717, 1.165) is 31.9 Å². The maximum atomic E-state index is 12.3. The molecule has 18 heavy (non-hydrogen) atoms. The first-order valence-electron chi connectivity index (χ1n) is 6.38. The Kier molecular flexibility index (Phi) is 4.52. The van der Waals surface area contributed by atoms with Crippen molar-refractivity contribution in [1.29, 1.82) is 0 Å². The molecule has 5 heteroatoms. The summed E-state index contributed by atoms with van der Waals surface area (Å²) in [5, 5.41) is 3.11. The van der Waals surface area contributed by atoms with Crippen molar-refractivity contribution in [2.24, 2.45) is 0 Å². The lowest BCUT2D eigenvalue weighted by Crippen LogP contribution is -2.33. The number of aromatic nitrogens is 1. The van der Waals surface area contributed by atoms with Gasteiger partial charge < -0.3 is 15.0 Å². The molecule has 2 heterocycles. The van der Waals surface area contributed by atoms with Gasteiger partial charge in [-0.1, -0.05) is 0 Å². The Morgan fingerprint density at radius 2 is 2.39 bits per heavy atom. The number of rotatable bonds is 3. The Hall–Kier alpha value is -1.62. The first-order valence-corrected chi connectivity index (χ1v) is 6.38. The molecule has 98 valence electrons. The van der Waals surface area contributed by atoms with Crippen molar-refractivity contribution in [2.45, 2.75) is 13.3 Å².